The van der Waals surface area contributed by atoms with Gasteiger partial charge in [0.2, 0.25) is 5.91 Å². The van der Waals surface area contributed by atoms with Gasteiger partial charge in [0.15, 0.2) is 11.6 Å². The van der Waals surface area contributed by atoms with Crippen LogP contribution in [-0.2, 0) is 11.3 Å². The van der Waals surface area contributed by atoms with Crippen molar-refractivity contribution in [3.8, 4) is 5.75 Å². The number of halogens is 1. The summed E-state index contributed by atoms with van der Waals surface area (Å²) >= 11 is 0. The van der Waals surface area contributed by atoms with Crippen LogP contribution >= 0.6 is 0 Å². The Kier molecular flexibility index (Phi) is 6.14. The molecule has 0 fully saturated rings. The molecule has 0 atom stereocenters. The topological polar surface area (TPSA) is 50.4 Å². The Morgan fingerprint density at radius 1 is 1.44 bits per heavy atom. The zero-order chi connectivity index (χ0) is 13.4. The lowest BCUT2D eigenvalue weighted by atomic mass is 10.2. The van der Waals surface area contributed by atoms with E-state index in [4.69, 9.17) is 4.74 Å². The molecule has 100 valence electrons. The lowest BCUT2D eigenvalue weighted by Crippen LogP contribution is -2.27. The predicted molar refractivity (Wildman–Crippen MR) is 68.0 cm³/mol. The fraction of sp³-hybridized carbons (Fsp3) is 0.462. The highest BCUT2D eigenvalue weighted by molar-refractivity contribution is 5.75. The summed E-state index contributed by atoms with van der Waals surface area (Å²) in [7, 11) is 1.43. The van der Waals surface area contributed by atoms with Gasteiger partial charge in [-0.25, -0.2) is 4.39 Å². The molecule has 18 heavy (non-hydrogen) atoms. The van der Waals surface area contributed by atoms with Gasteiger partial charge in [0.1, 0.15) is 0 Å². The van der Waals surface area contributed by atoms with Gasteiger partial charge in [-0.05, 0) is 24.6 Å². The molecule has 0 radical (unpaired) electrons. The molecule has 0 saturated carbocycles. The Hall–Kier alpha value is -1.62. The molecule has 2 N–H and O–H groups in total. The fourth-order valence-electron chi connectivity index (χ4n) is 1.54. The molecule has 4 nitrogen and oxygen atoms in total. The smallest absolute Gasteiger partial charge is 0.221 e. The Balaban J connectivity index is 2.31. The first-order chi connectivity index (χ1) is 8.67. The molecule has 0 heterocycles. The van der Waals surface area contributed by atoms with Gasteiger partial charge in [-0.15, -0.1) is 0 Å². The van der Waals surface area contributed by atoms with Gasteiger partial charge in [-0.2, -0.15) is 0 Å². The summed E-state index contributed by atoms with van der Waals surface area (Å²) in [6.45, 7) is 3.62. The van der Waals surface area contributed by atoms with Crippen molar-refractivity contribution in [3.63, 3.8) is 0 Å². The van der Waals surface area contributed by atoms with E-state index in [9.17, 15) is 9.18 Å². The molecule has 1 aromatic carbocycles. The van der Waals surface area contributed by atoms with Gasteiger partial charge in [0, 0.05) is 26.1 Å². The monoisotopic (exact) mass is 254 g/mol. The molecule has 0 bridgehead atoms. The maximum absolute atomic E-state index is 13.4. The molecule has 0 aliphatic rings. The highest BCUT2D eigenvalue weighted by Gasteiger charge is 2.03. The van der Waals surface area contributed by atoms with Crippen LogP contribution in [0, 0.1) is 5.82 Å². The number of benzene rings is 1. The molecule has 0 aliphatic carbocycles. The molecular weight excluding hydrogens is 235 g/mol. The van der Waals surface area contributed by atoms with Crippen LogP contribution in [0.1, 0.15) is 18.9 Å². The number of carbonyl (C=O) groups excluding carboxylic acids is 1. The van der Waals surface area contributed by atoms with E-state index >= 15 is 0 Å². The standard InChI is InChI=1S/C13H19FN2O2/c1-3-16-13(17)6-7-15-9-10-4-5-12(18-2)11(14)8-10/h4-5,8,15H,3,6-7,9H2,1-2H3,(H,16,17). The van der Waals surface area contributed by atoms with Crippen LogP contribution in [0.2, 0.25) is 0 Å². The first kappa shape index (κ1) is 14.4. The van der Waals surface area contributed by atoms with E-state index in [-0.39, 0.29) is 17.5 Å². The number of amides is 1. The highest BCUT2D eigenvalue weighted by atomic mass is 19.1. The number of nitrogens with one attached hydrogen (secondary N) is 2. The van der Waals surface area contributed by atoms with Crippen molar-refractivity contribution >= 4 is 5.91 Å². The average Bonchev–Trinajstić information content (AvgIpc) is 2.35. The largest absolute Gasteiger partial charge is 0.494 e. The number of ether oxygens (including phenoxy) is 1. The fourth-order valence-corrected chi connectivity index (χ4v) is 1.54. The molecule has 5 heteroatoms. The van der Waals surface area contributed by atoms with E-state index in [2.05, 4.69) is 10.6 Å². The summed E-state index contributed by atoms with van der Waals surface area (Å²) in [5.41, 5.74) is 0.823. The van der Waals surface area contributed by atoms with Crippen molar-refractivity contribution in [2.45, 2.75) is 19.9 Å². The van der Waals surface area contributed by atoms with Crippen molar-refractivity contribution < 1.29 is 13.9 Å². The number of hydrogen-bond donors (Lipinski definition) is 2. The zero-order valence-corrected chi connectivity index (χ0v) is 10.8. The first-order valence-electron chi connectivity index (χ1n) is 5.97. The third kappa shape index (κ3) is 4.71. The van der Waals surface area contributed by atoms with Gasteiger partial charge < -0.3 is 15.4 Å². The van der Waals surface area contributed by atoms with Crippen molar-refractivity contribution in [1.29, 1.82) is 0 Å². The minimum atomic E-state index is -0.375. The quantitative estimate of drug-likeness (QED) is 0.724. The average molecular weight is 254 g/mol. The summed E-state index contributed by atoms with van der Waals surface area (Å²) in [4.78, 5) is 11.2. The number of methoxy groups -OCH3 is 1. The highest BCUT2D eigenvalue weighted by Crippen LogP contribution is 2.17. The Bertz CT molecular complexity index is 397. The van der Waals surface area contributed by atoms with Gasteiger partial charge in [-0.3, -0.25) is 4.79 Å². The number of hydrogen-bond acceptors (Lipinski definition) is 3. The Morgan fingerprint density at radius 3 is 2.83 bits per heavy atom. The van der Waals surface area contributed by atoms with E-state index in [1.807, 2.05) is 6.92 Å². The van der Waals surface area contributed by atoms with Crippen molar-refractivity contribution in [1.82, 2.24) is 10.6 Å². The molecule has 0 unspecified atom stereocenters. The lowest BCUT2D eigenvalue weighted by Gasteiger charge is -2.07. The number of rotatable bonds is 7. The summed E-state index contributed by atoms with van der Waals surface area (Å²) in [5, 5.41) is 5.80. The van der Waals surface area contributed by atoms with E-state index in [0.717, 1.165) is 5.56 Å². The van der Waals surface area contributed by atoms with Crippen LogP contribution < -0.4 is 15.4 Å². The summed E-state index contributed by atoms with van der Waals surface area (Å²) < 4.78 is 18.2. The van der Waals surface area contributed by atoms with Crippen LogP contribution in [0.15, 0.2) is 18.2 Å². The van der Waals surface area contributed by atoms with Gasteiger partial charge >= 0.3 is 0 Å². The third-order valence-electron chi connectivity index (χ3n) is 2.45. The molecule has 1 amide bonds. The minimum absolute atomic E-state index is 0.0194. The molecular formula is C13H19FN2O2. The molecule has 0 aliphatic heterocycles. The van der Waals surface area contributed by atoms with Crippen LogP contribution in [0.25, 0.3) is 0 Å². The summed E-state index contributed by atoms with van der Waals surface area (Å²) in [5.74, 6) is -0.118. The maximum Gasteiger partial charge on any atom is 0.221 e. The molecule has 1 aromatic rings. The first-order valence-corrected chi connectivity index (χ1v) is 5.97. The van der Waals surface area contributed by atoms with Gasteiger partial charge in [0.25, 0.3) is 0 Å². The summed E-state index contributed by atoms with van der Waals surface area (Å²) in [6.07, 6.45) is 0.423. The summed E-state index contributed by atoms with van der Waals surface area (Å²) in [6, 6.07) is 4.81. The second kappa shape index (κ2) is 7.66. The van der Waals surface area contributed by atoms with Gasteiger partial charge in [0.05, 0.1) is 7.11 Å². The maximum atomic E-state index is 13.4. The van der Waals surface area contributed by atoms with E-state index in [0.29, 0.717) is 26.1 Å². The molecule has 0 saturated heterocycles. The molecule has 1 rings (SSSR count). The van der Waals surface area contributed by atoms with E-state index < -0.39 is 0 Å². The van der Waals surface area contributed by atoms with E-state index in [1.165, 1.54) is 13.2 Å². The Labute approximate surface area is 107 Å². The van der Waals surface area contributed by atoms with Crippen LogP contribution in [0.3, 0.4) is 0 Å². The molecule has 0 spiro atoms. The van der Waals surface area contributed by atoms with Crippen LogP contribution in [0.5, 0.6) is 5.75 Å². The van der Waals surface area contributed by atoms with Crippen molar-refractivity contribution in [3.05, 3.63) is 29.6 Å². The molecule has 0 aromatic heterocycles. The van der Waals surface area contributed by atoms with Crippen molar-refractivity contribution in [2.75, 3.05) is 20.2 Å². The SMILES string of the molecule is CCNC(=O)CCNCc1ccc(OC)c(F)c1. The normalized spacial score (nSPS) is 10.2. The minimum Gasteiger partial charge on any atom is -0.494 e. The van der Waals surface area contributed by atoms with E-state index in [1.54, 1.807) is 12.1 Å². The number of carbonyl (C=O) groups is 1. The lowest BCUT2D eigenvalue weighted by molar-refractivity contribution is -0.120. The van der Waals surface area contributed by atoms with Crippen molar-refractivity contribution in [2.24, 2.45) is 0 Å². The van der Waals surface area contributed by atoms with Crippen LogP contribution in [0.4, 0.5) is 4.39 Å². The second-order valence-corrected chi connectivity index (χ2v) is 3.85. The Morgan fingerprint density at radius 2 is 2.22 bits per heavy atom. The van der Waals surface area contributed by atoms with Crippen LogP contribution in [-0.4, -0.2) is 26.1 Å². The second-order valence-electron chi connectivity index (χ2n) is 3.85. The zero-order valence-electron chi connectivity index (χ0n) is 10.8. The van der Waals surface area contributed by atoms with Gasteiger partial charge in [-0.1, -0.05) is 6.07 Å². The third-order valence-corrected chi connectivity index (χ3v) is 2.45. The predicted octanol–water partition coefficient (Wildman–Crippen LogP) is 1.45.